The van der Waals surface area contributed by atoms with Crippen molar-refractivity contribution in [2.75, 3.05) is 6.26 Å². The second-order valence-electron chi connectivity index (χ2n) is 3.46. The molecule has 0 aliphatic rings. The number of nitrogens with two attached hydrogens (primary N) is 1. The number of hydrogen-bond donors (Lipinski definition) is 1. The Morgan fingerprint density at radius 3 is 2.40 bits per heavy atom. The Kier molecular flexibility index (Phi) is 3.81. The van der Waals surface area contributed by atoms with Crippen LogP contribution < -0.4 is 5.73 Å². The molecule has 0 aliphatic carbocycles. The van der Waals surface area contributed by atoms with Gasteiger partial charge in [0.25, 0.3) is 0 Å². The summed E-state index contributed by atoms with van der Waals surface area (Å²) in [5, 5.41) is 7.71. The zero-order chi connectivity index (χ0) is 11.5. The minimum absolute atomic E-state index is 0.0833. The zero-order valence-corrected chi connectivity index (χ0v) is 9.79. The normalized spacial score (nSPS) is 11.9. The fourth-order valence-corrected chi connectivity index (χ4v) is 2.03. The molecule has 0 fully saturated rings. The van der Waals surface area contributed by atoms with Crippen molar-refractivity contribution in [2.24, 2.45) is 5.73 Å². The van der Waals surface area contributed by atoms with E-state index in [0.29, 0.717) is 18.2 Å². The SMILES string of the molecule is CCCn1c(CN)nnc1CS(C)(=O)=O. The molecule has 1 rings (SSSR count). The summed E-state index contributed by atoms with van der Waals surface area (Å²) < 4.78 is 24.1. The quantitative estimate of drug-likeness (QED) is 0.752. The molecule has 1 heterocycles. The number of nitrogens with zero attached hydrogens (tertiary/aromatic N) is 3. The van der Waals surface area contributed by atoms with Crippen molar-refractivity contribution in [2.45, 2.75) is 32.2 Å². The van der Waals surface area contributed by atoms with Gasteiger partial charge in [0, 0.05) is 12.8 Å². The fraction of sp³-hybridized carbons (Fsp3) is 0.750. The molecular weight excluding hydrogens is 216 g/mol. The van der Waals surface area contributed by atoms with Crippen LogP contribution in [0.3, 0.4) is 0 Å². The van der Waals surface area contributed by atoms with Gasteiger partial charge in [-0.2, -0.15) is 0 Å². The summed E-state index contributed by atoms with van der Waals surface area (Å²) in [7, 11) is -3.08. The van der Waals surface area contributed by atoms with Crippen molar-refractivity contribution in [3.8, 4) is 0 Å². The van der Waals surface area contributed by atoms with Crippen molar-refractivity contribution in [3.05, 3.63) is 11.6 Å². The number of sulfone groups is 1. The van der Waals surface area contributed by atoms with Crippen molar-refractivity contribution in [1.82, 2.24) is 14.8 Å². The molecule has 86 valence electrons. The summed E-state index contributed by atoms with van der Waals surface area (Å²) in [6, 6.07) is 0. The van der Waals surface area contributed by atoms with Gasteiger partial charge in [-0.25, -0.2) is 8.42 Å². The predicted molar refractivity (Wildman–Crippen MR) is 56.8 cm³/mol. The van der Waals surface area contributed by atoms with Gasteiger partial charge in [0.1, 0.15) is 17.4 Å². The Morgan fingerprint density at radius 2 is 1.93 bits per heavy atom. The highest BCUT2D eigenvalue weighted by Gasteiger charge is 2.14. The van der Waals surface area contributed by atoms with Crippen LogP contribution in [-0.2, 0) is 28.7 Å². The Balaban J connectivity index is 3.02. The molecule has 0 amide bonds. The maximum atomic E-state index is 11.1. The maximum absolute atomic E-state index is 11.1. The Bertz CT molecular complexity index is 424. The monoisotopic (exact) mass is 232 g/mol. The number of hydrogen-bond acceptors (Lipinski definition) is 5. The molecule has 0 aliphatic heterocycles. The largest absolute Gasteiger partial charge is 0.324 e. The fourth-order valence-electron chi connectivity index (χ4n) is 1.35. The zero-order valence-electron chi connectivity index (χ0n) is 8.97. The van der Waals surface area contributed by atoms with Crippen LogP contribution in [0.2, 0.25) is 0 Å². The van der Waals surface area contributed by atoms with E-state index in [1.165, 1.54) is 6.26 Å². The lowest BCUT2D eigenvalue weighted by atomic mass is 10.4. The van der Waals surface area contributed by atoms with Gasteiger partial charge >= 0.3 is 0 Å². The molecule has 0 saturated carbocycles. The molecule has 0 aromatic carbocycles. The van der Waals surface area contributed by atoms with Gasteiger partial charge in [0.05, 0.1) is 6.54 Å². The predicted octanol–water partition coefficient (Wildman–Crippen LogP) is -0.309. The van der Waals surface area contributed by atoms with Crippen LogP contribution in [0.5, 0.6) is 0 Å². The molecule has 0 unspecified atom stereocenters. The third-order valence-corrected chi connectivity index (χ3v) is 2.71. The number of rotatable bonds is 5. The first-order valence-corrected chi connectivity index (χ1v) is 6.82. The van der Waals surface area contributed by atoms with Crippen molar-refractivity contribution < 1.29 is 8.42 Å². The minimum atomic E-state index is -3.08. The number of aromatic nitrogens is 3. The summed E-state index contributed by atoms with van der Waals surface area (Å²) in [5.74, 6) is 1.02. The average Bonchev–Trinajstić information content (AvgIpc) is 2.47. The van der Waals surface area contributed by atoms with E-state index in [0.717, 1.165) is 6.42 Å². The summed E-state index contributed by atoms with van der Waals surface area (Å²) in [6.45, 7) is 2.98. The van der Waals surface area contributed by atoms with Crippen LogP contribution >= 0.6 is 0 Å². The van der Waals surface area contributed by atoms with Crippen LogP contribution in [0.4, 0.5) is 0 Å². The van der Waals surface area contributed by atoms with Crippen molar-refractivity contribution in [1.29, 1.82) is 0 Å². The molecule has 0 bridgehead atoms. The first-order valence-electron chi connectivity index (χ1n) is 4.76. The van der Waals surface area contributed by atoms with Gasteiger partial charge < -0.3 is 10.3 Å². The van der Waals surface area contributed by atoms with Crippen molar-refractivity contribution in [3.63, 3.8) is 0 Å². The summed E-state index contributed by atoms with van der Waals surface area (Å²) in [5.41, 5.74) is 5.49. The van der Waals surface area contributed by atoms with Crippen molar-refractivity contribution >= 4 is 9.84 Å². The third-order valence-electron chi connectivity index (χ3n) is 1.93. The first kappa shape index (κ1) is 12.1. The highest BCUT2D eigenvalue weighted by molar-refractivity contribution is 7.89. The summed E-state index contributed by atoms with van der Waals surface area (Å²) in [4.78, 5) is 0. The highest BCUT2D eigenvalue weighted by Crippen LogP contribution is 2.06. The van der Waals surface area contributed by atoms with Crippen LogP contribution in [-0.4, -0.2) is 29.4 Å². The summed E-state index contributed by atoms with van der Waals surface area (Å²) >= 11 is 0. The molecule has 1 aromatic heterocycles. The molecular formula is C8H16N4O2S. The van der Waals surface area contributed by atoms with Gasteiger partial charge in [0.2, 0.25) is 0 Å². The van der Waals surface area contributed by atoms with E-state index in [-0.39, 0.29) is 12.3 Å². The Labute approximate surface area is 89.4 Å². The third kappa shape index (κ3) is 3.28. The average molecular weight is 232 g/mol. The van der Waals surface area contributed by atoms with Gasteiger partial charge in [0.15, 0.2) is 9.84 Å². The van der Waals surface area contributed by atoms with Crippen LogP contribution in [0.25, 0.3) is 0 Å². The van der Waals surface area contributed by atoms with Gasteiger partial charge in [-0.15, -0.1) is 10.2 Å². The Morgan fingerprint density at radius 1 is 1.33 bits per heavy atom. The lowest BCUT2D eigenvalue weighted by Crippen LogP contribution is -2.13. The standard InChI is InChI=1S/C8H16N4O2S/c1-3-4-12-7(5-9)10-11-8(12)6-15(2,13)14/h3-6,9H2,1-2H3. The second kappa shape index (κ2) is 4.71. The van der Waals surface area contributed by atoms with Gasteiger partial charge in [-0.1, -0.05) is 6.92 Å². The van der Waals surface area contributed by atoms with Crippen LogP contribution in [0.1, 0.15) is 25.0 Å². The van der Waals surface area contributed by atoms with E-state index in [1.807, 2.05) is 6.92 Å². The van der Waals surface area contributed by atoms with Crippen LogP contribution in [0, 0.1) is 0 Å². The highest BCUT2D eigenvalue weighted by atomic mass is 32.2. The molecule has 15 heavy (non-hydrogen) atoms. The lowest BCUT2D eigenvalue weighted by Gasteiger charge is -2.06. The smallest absolute Gasteiger partial charge is 0.154 e. The topological polar surface area (TPSA) is 90.9 Å². The molecule has 0 atom stereocenters. The van der Waals surface area contributed by atoms with E-state index >= 15 is 0 Å². The van der Waals surface area contributed by atoms with Gasteiger partial charge in [-0.05, 0) is 6.42 Å². The van der Waals surface area contributed by atoms with E-state index < -0.39 is 9.84 Å². The molecule has 2 N–H and O–H groups in total. The minimum Gasteiger partial charge on any atom is -0.324 e. The van der Waals surface area contributed by atoms with Gasteiger partial charge in [-0.3, -0.25) is 0 Å². The maximum Gasteiger partial charge on any atom is 0.154 e. The molecule has 6 nitrogen and oxygen atoms in total. The van der Waals surface area contributed by atoms with E-state index in [2.05, 4.69) is 10.2 Å². The molecule has 1 aromatic rings. The first-order chi connectivity index (χ1) is 6.98. The van der Waals surface area contributed by atoms with Crippen LogP contribution in [0.15, 0.2) is 0 Å². The molecule has 0 saturated heterocycles. The summed E-state index contributed by atoms with van der Waals surface area (Å²) in [6.07, 6.45) is 2.07. The van der Waals surface area contributed by atoms with E-state index in [4.69, 9.17) is 5.73 Å². The molecule has 0 radical (unpaired) electrons. The molecule has 0 spiro atoms. The second-order valence-corrected chi connectivity index (χ2v) is 5.60. The van der Waals surface area contributed by atoms with E-state index in [9.17, 15) is 8.42 Å². The lowest BCUT2D eigenvalue weighted by molar-refractivity contribution is 0.588. The molecule has 7 heteroatoms. The van der Waals surface area contributed by atoms with E-state index in [1.54, 1.807) is 4.57 Å². The Hall–Kier alpha value is -0.950.